The summed E-state index contributed by atoms with van der Waals surface area (Å²) in [7, 11) is 1.58. The fourth-order valence-electron chi connectivity index (χ4n) is 9.33. The second kappa shape index (κ2) is 19.5. The predicted octanol–water partition coefficient (Wildman–Crippen LogP) is 6.80. The number of anilines is 1. The van der Waals surface area contributed by atoms with Crippen molar-refractivity contribution < 1.29 is 38.6 Å². The number of aliphatic carboxylic acids is 1. The Morgan fingerprint density at radius 3 is 2.61 bits per heavy atom. The van der Waals surface area contributed by atoms with Crippen molar-refractivity contribution in [3.05, 3.63) is 77.2 Å². The number of nitrogens with zero attached hydrogens (tertiary/aromatic N) is 4. The number of allylic oxidation sites excluding steroid dienone is 1. The van der Waals surface area contributed by atoms with Crippen molar-refractivity contribution >= 4 is 57.1 Å². The molecule has 16 nitrogen and oxygen atoms in total. The third kappa shape index (κ3) is 10.5. The lowest BCUT2D eigenvalue weighted by Gasteiger charge is -2.38. The third-order valence-electron chi connectivity index (χ3n) is 13.3. The van der Waals surface area contributed by atoms with Gasteiger partial charge in [-0.1, -0.05) is 64.0 Å². The molecule has 5 N–H and O–H groups in total. The Hall–Kier alpha value is -6.23. The molecule has 0 bridgehead atoms. The molecular weight excluding hydrogens is 873 g/mol. The van der Waals surface area contributed by atoms with E-state index in [1.807, 2.05) is 88.5 Å². The Balaban J connectivity index is 1.08. The van der Waals surface area contributed by atoms with Crippen LogP contribution in [0, 0.1) is 11.3 Å². The van der Waals surface area contributed by atoms with E-state index in [-0.39, 0.29) is 43.8 Å². The average Bonchev–Trinajstić information content (AvgIpc) is 3.55. The molecule has 5 amide bonds. The molecule has 17 heteroatoms. The first kappa shape index (κ1) is 47.3. The number of hydrogen-bond donors (Lipinski definition) is 5. The fourth-order valence-corrected chi connectivity index (χ4v) is 10.2. The summed E-state index contributed by atoms with van der Waals surface area (Å²) in [6.07, 6.45) is 7.32. The van der Waals surface area contributed by atoms with Crippen molar-refractivity contribution in [1.29, 1.82) is 0 Å². The third-order valence-corrected chi connectivity index (χ3v) is 14.1. The van der Waals surface area contributed by atoms with Gasteiger partial charge in [0, 0.05) is 59.9 Å². The number of thiazole rings is 1. The maximum absolute atomic E-state index is 15.0. The average molecular weight is 935 g/mol. The summed E-state index contributed by atoms with van der Waals surface area (Å²) in [4.78, 5) is 82.9. The highest BCUT2D eigenvalue weighted by molar-refractivity contribution is 7.14. The standard InChI is InChI=1S/C50H62N8O8S/c1-29(2)51-48-54-39(28-67-48)38-24-41(35-19-18-32(65-6)22-37(35)52-38)66-33-23-40-43(59)56-50(46(62)63)25-31(50)15-10-8-7-9-11-17-36(45(61)58(40)26-33)53-47(64)55-42(49(3,4)5)27-57-21-20-30-14-12-13-16-34(30)44(57)60/h10,12-16,18-19,22,24,28-29,31,33,36,40,42H,7-9,11,17,20-21,23,25-27H2,1-6H3,(H,51,54)(H,56,59)(H,62,63)(H2,53,55,64)/t31?,33-,36+,40+,42-,50-/m1/s1. The van der Waals surface area contributed by atoms with Crippen LogP contribution in [0.3, 0.4) is 0 Å². The summed E-state index contributed by atoms with van der Waals surface area (Å²) in [5.74, 6) is -1.63. The van der Waals surface area contributed by atoms with Crippen molar-refractivity contribution in [1.82, 2.24) is 35.7 Å². The zero-order chi connectivity index (χ0) is 47.6. The van der Waals surface area contributed by atoms with Gasteiger partial charge in [0.1, 0.15) is 40.9 Å². The highest BCUT2D eigenvalue weighted by Gasteiger charge is 2.61. The topological polar surface area (TPSA) is 204 Å². The monoisotopic (exact) mass is 934 g/mol. The molecule has 1 unspecified atom stereocenters. The minimum absolute atomic E-state index is 0.0161. The molecule has 5 heterocycles. The highest BCUT2D eigenvalue weighted by Crippen LogP contribution is 2.46. The van der Waals surface area contributed by atoms with Crippen LogP contribution in [0.1, 0.15) is 95.5 Å². The van der Waals surface area contributed by atoms with Gasteiger partial charge in [-0.15, -0.1) is 11.3 Å². The quantitative estimate of drug-likeness (QED) is 0.0991. The van der Waals surface area contributed by atoms with Gasteiger partial charge in [-0.05, 0) is 75.1 Å². The maximum Gasteiger partial charge on any atom is 0.330 e. The van der Waals surface area contributed by atoms with Crippen LogP contribution >= 0.6 is 11.3 Å². The van der Waals surface area contributed by atoms with E-state index >= 15 is 4.79 Å². The van der Waals surface area contributed by atoms with E-state index in [1.165, 1.54) is 16.2 Å². The number of nitrogens with one attached hydrogen (secondary N) is 4. The van der Waals surface area contributed by atoms with Crippen LogP contribution in [-0.4, -0.2) is 117 Å². The van der Waals surface area contributed by atoms with Crippen LogP contribution < -0.4 is 30.7 Å². The molecule has 67 heavy (non-hydrogen) atoms. The Kier molecular flexibility index (Phi) is 13.8. The smallest absolute Gasteiger partial charge is 0.330 e. The number of carboxylic acid groups (broad SMARTS) is 1. The SMILES string of the molecule is COc1ccc2c(O[C@@H]3C[C@H]4C(=O)N[C@]5(C(=O)O)CC5C=CCCCCC[C@H](NC(=O)N[C@H](CN5CCc6ccccc6C5=O)C(C)(C)C)C(=O)N4C3)cc(-c3csc(NC(C)C)n3)nc2c1. The zero-order valence-corrected chi connectivity index (χ0v) is 39.9. The molecule has 1 aliphatic carbocycles. The van der Waals surface area contributed by atoms with E-state index in [9.17, 15) is 24.3 Å². The number of methoxy groups -OCH3 is 1. The van der Waals surface area contributed by atoms with Crippen molar-refractivity contribution in [3.8, 4) is 22.9 Å². The van der Waals surface area contributed by atoms with Crippen LogP contribution in [0.4, 0.5) is 9.93 Å². The number of amides is 5. The summed E-state index contributed by atoms with van der Waals surface area (Å²) in [6.45, 7) is 10.8. The number of pyridine rings is 1. The zero-order valence-electron chi connectivity index (χ0n) is 39.1. The minimum Gasteiger partial charge on any atom is -0.497 e. The van der Waals surface area contributed by atoms with E-state index in [0.717, 1.165) is 23.5 Å². The van der Waals surface area contributed by atoms with E-state index < -0.39 is 59.0 Å². The molecule has 3 aliphatic heterocycles. The van der Waals surface area contributed by atoms with Gasteiger partial charge in [0.25, 0.3) is 5.91 Å². The summed E-state index contributed by atoms with van der Waals surface area (Å²) in [5, 5.41) is 26.0. The van der Waals surface area contributed by atoms with Crippen molar-refractivity contribution in [3.63, 3.8) is 0 Å². The van der Waals surface area contributed by atoms with E-state index in [4.69, 9.17) is 19.4 Å². The van der Waals surface area contributed by atoms with Gasteiger partial charge >= 0.3 is 12.0 Å². The second-order valence-corrected chi connectivity index (χ2v) is 20.5. The molecule has 2 aromatic heterocycles. The molecule has 2 fully saturated rings. The minimum atomic E-state index is -1.50. The van der Waals surface area contributed by atoms with Gasteiger partial charge < -0.3 is 45.6 Å². The number of benzene rings is 2. The lowest BCUT2D eigenvalue weighted by atomic mass is 9.85. The fraction of sp³-hybridized carbons (Fsp3) is 0.500. The molecule has 1 saturated heterocycles. The first-order chi connectivity index (χ1) is 32.0. The second-order valence-electron chi connectivity index (χ2n) is 19.6. The lowest BCUT2D eigenvalue weighted by molar-refractivity contribution is -0.145. The molecule has 1 saturated carbocycles. The Morgan fingerprint density at radius 2 is 1.85 bits per heavy atom. The molecule has 6 atom stereocenters. The van der Waals surface area contributed by atoms with Crippen LogP contribution in [0.25, 0.3) is 22.3 Å². The first-order valence-electron chi connectivity index (χ1n) is 23.4. The maximum atomic E-state index is 15.0. The summed E-state index contributed by atoms with van der Waals surface area (Å²) in [6, 6.07) is 11.8. The van der Waals surface area contributed by atoms with Gasteiger partial charge in [0.15, 0.2) is 5.13 Å². The van der Waals surface area contributed by atoms with Gasteiger partial charge in [-0.3, -0.25) is 14.4 Å². The number of urea groups is 1. The van der Waals surface area contributed by atoms with Crippen LogP contribution in [0.15, 0.2) is 66.1 Å². The van der Waals surface area contributed by atoms with Gasteiger partial charge in [-0.2, -0.15) is 0 Å². The molecule has 356 valence electrons. The van der Waals surface area contributed by atoms with Crippen molar-refractivity contribution in [2.45, 2.75) is 122 Å². The number of hydrogen-bond acceptors (Lipinski definition) is 11. The molecule has 4 aliphatic rings. The molecule has 4 aromatic rings. The van der Waals surface area contributed by atoms with Crippen LogP contribution in [0.2, 0.25) is 0 Å². The number of rotatable bonds is 11. The number of carbonyl (C=O) groups is 5. The predicted molar refractivity (Wildman–Crippen MR) is 256 cm³/mol. The lowest BCUT2D eigenvalue weighted by Crippen LogP contribution is -2.59. The van der Waals surface area contributed by atoms with Crippen molar-refractivity contribution in [2.24, 2.45) is 11.3 Å². The van der Waals surface area contributed by atoms with E-state index in [1.54, 1.807) is 24.1 Å². The molecule has 0 radical (unpaired) electrons. The Morgan fingerprint density at radius 1 is 1.04 bits per heavy atom. The number of fused-ring (bicyclic) bond motifs is 4. The summed E-state index contributed by atoms with van der Waals surface area (Å²) in [5.41, 5.74) is 1.48. The first-order valence-corrected chi connectivity index (χ1v) is 24.3. The van der Waals surface area contributed by atoms with Gasteiger partial charge in [0.2, 0.25) is 11.8 Å². The van der Waals surface area contributed by atoms with E-state index in [0.29, 0.717) is 71.6 Å². The van der Waals surface area contributed by atoms with Gasteiger partial charge in [0.05, 0.1) is 30.9 Å². The normalized spacial score (nSPS) is 23.8. The molecule has 8 rings (SSSR count). The number of carboxylic acids is 1. The number of aromatic nitrogens is 2. The Bertz CT molecular complexity index is 2560. The number of ether oxygens (including phenoxy) is 2. The van der Waals surface area contributed by atoms with Crippen LogP contribution in [0.5, 0.6) is 11.5 Å². The largest absolute Gasteiger partial charge is 0.497 e. The number of carbonyl (C=O) groups excluding carboxylic acids is 4. The van der Waals surface area contributed by atoms with Gasteiger partial charge in [-0.25, -0.2) is 19.6 Å². The van der Waals surface area contributed by atoms with Crippen molar-refractivity contribution in [2.75, 3.05) is 32.1 Å². The van der Waals surface area contributed by atoms with E-state index in [2.05, 4.69) is 21.3 Å². The van der Waals surface area contributed by atoms with Crippen LogP contribution in [-0.2, 0) is 20.8 Å². The molecular formula is C50H62N8O8S. The summed E-state index contributed by atoms with van der Waals surface area (Å²) >= 11 is 1.46. The Labute approximate surface area is 395 Å². The molecule has 2 aromatic carbocycles. The summed E-state index contributed by atoms with van der Waals surface area (Å²) < 4.78 is 12.3. The molecule has 0 spiro atoms. The highest BCUT2D eigenvalue weighted by atomic mass is 32.1.